The first-order valence-electron chi connectivity index (χ1n) is 10.1. The van der Waals surface area contributed by atoms with E-state index in [1.165, 1.54) is 5.39 Å². The first kappa shape index (κ1) is 20.8. The number of phenols is 2. The number of hydrogen-bond donors (Lipinski definition) is 2. The maximum Gasteiger partial charge on any atom is 0.141 e. The highest BCUT2D eigenvalue weighted by Gasteiger charge is 1.97. The van der Waals surface area contributed by atoms with Crippen LogP contribution in [0.4, 0.5) is 0 Å². The van der Waals surface area contributed by atoms with E-state index in [1.807, 2.05) is 66.9 Å². The SMILES string of the molecule is Oc1cccc2cccnc12.Oc1cccc2cccnc12.c1ccc2ncccc2c1. The number of benzene rings is 3. The van der Waals surface area contributed by atoms with Crippen molar-refractivity contribution in [1.82, 2.24) is 15.0 Å². The molecule has 6 rings (SSSR count). The van der Waals surface area contributed by atoms with Crippen molar-refractivity contribution in [3.8, 4) is 11.5 Å². The van der Waals surface area contributed by atoms with Gasteiger partial charge in [-0.3, -0.25) is 15.0 Å². The lowest BCUT2D eigenvalue weighted by atomic mass is 10.2. The predicted octanol–water partition coefficient (Wildman–Crippen LogP) is 6.12. The summed E-state index contributed by atoms with van der Waals surface area (Å²) < 4.78 is 0. The van der Waals surface area contributed by atoms with Crippen molar-refractivity contribution < 1.29 is 10.2 Å². The van der Waals surface area contributed by atoms with Crippen LogP contribution in [0.1, 0.15) is 0 Å². The zero-order valence-corrected chi connectivity index (χ0v) is 17.2. The second-order valence-electron chi connectivity index (χ2n) is 6.90. The van der Waals surface area contributed by atoms with Crippen LogP contribution >= 0.6 is 0 Å². The van der Waals surface area contributed by atoms with Gasteiger partial charge in [0.1, 0.15) is 22.5 Å². The van der Waals surface area contributed by atoms with Crippen LogP contribution in [0.5, 0.6) is 11.5 Å². The highest BCUT2D eigenvalue weighted by molar-refractivity contribution is 5.84. The lowest BCUT2D eigenvalue weighted by molar-refractivity contribution is 0.480. The zero-order valence-electron chi connectivity index (χ0n) is 17.2. The summed E-state index contributed by atoms with van der Waals surface area (Å²) in [5, 5.41) is 21.7. The molecule has 3 aromatic carbocycles. The molecule has 0 unspecified atom stereocenters. The Kier molecular flexibility index (Phi) is 6.48. The van der Waals surface area contributed by atoms with E-state index in [0.29, 0.717) is 11.0 Å². The normalized spacial score (nSPS) is 10.1. The van der Waals surface area contributed by atoms with Gasteiger partial charge in [-0.05, 0) is 36.4 Å². The highest BCUT2D eigenvalue weighted by Crippen LogP contribution is 2.21. The van der Waals surface area contributed by atoms with Crippen LogP contribution in [0.15, 0.2) is 116 Å². The molecule has 0 spiro atoms. The molecule has 6 aromatic rings. The maximum atomic E-state index is 9.31. The van der Waals surface area contributed by atoms with Gasteiger partial charge in [0.05, 0.1) is 5.52 Å². The number of para-hydroxylation sites is 3. The minimum atomic E-state index is 0.239. The molecule has 32 heavy (non-hydrogen) atoms. The molecule has 5 heteroatoms. The summed E-state index contributed by atoms with van der Waals surface area (Å²) in [4.78, 5) is 12.2. The minimum Gasteiger partial charge on any atom is -0.506 e. The third-order valence-electron chi connectivity index (χ3n) is 4.74. The van der Waals surface area contributed by atoms with Crippen molar-refractivity contribution in [3.05, 3.63) is 116 Å². The van der Waals surface area contributed by atoms with Crippen LogP contribution in [0.25, 0.3) is 32.7 Å². The summed E-state index contributed by atoms with van der Waals surface area (Å²) >= 11 is 0. The Balaban J connectivity index is 0.000000115. The number of hydrogen-bond acceptors (Lipinski definition) is 5. The van der Waals surface area contributed by atoms with Crippen molar-refractivity contribution in [2.45, 2.75) is 0 Å². The topological polar surface area (TPSA) is 79.1 Å². The van der Waals surface area contributed by atoms with Crippen LogP contribution in [0, 0.1) is 0 Å². The molecule has 0 saturated carbocycles. The van der Waals surface area contributed by atoms with E-state index in [0.717, 1.165) is 16.3 Å². The first-order chi connectivity index (χ1) is 15.7. The van der Waals surface area contributed by atoms with Gasteiger partial charge in [0.2, 0.25) is 0 Å². The van der Waals surface area contributed by atoms with Crippen LogP contribution < -0.4 is 0 Å². The fourth-order valence-corrected chi connectivity index (χ4v) is 3.19. The summed E-state index contributed by atoms with van der Waals surface area (Å²) in [5.74, 6) is 0.478. The average Bonchev–Trinajstić information content (AvgIpc) is 2.86. The molecule has 0 fully saturated rings. The van der Waals surface area contributed by atoms with E-state index in [4.69, 9.17) is 0 Å². The Morgan fingerprint density at radius 2 is 0.844 bits per heavy atom. The molecule has 0 amide bonds. The molecule has 156 valence electrons. The molecule has 0 radical (unpaired) electrons. The number of aromatic nitrogens is 3. The molecule has 3 aromatic heterocycles. The number of rotatable bonds is 0. The summed E-state index contributed by atoms with van der Waals surface area (Å²) in [7, 11) is 0. The molecule has 0 atom stereocenters. The molecule has 3 heterocycles. The van der Waals surface area contributed by atoms with Gasteiger partial charge < -0.3 is 10.2 Å². The van der Waals surface area contributed by atoms with E-state index < -0.39 is 0 Å². The van der Waals surface area contributed by atoms with E-state index >= 15 is 0 Å². The molecule has 5 nitrogen and oxygen atoms in total. The van der Waals surface area contributed by atoms with Gasteiger partial charge in [0.25, 0.3) is 0 Å². The Morgan fingerprint density at radius 1 is 0.406 bits per heavy atom. The zero-order chi connectivity index (χ0) is 22.2. The molecule has 0 saturated heterocycles. The van der Waals surface area contributed by atoms with Crippen LogP contribution in [0.2, 0.25) is 0 Å². The van der Waals surface area contributed by atoms with Crippen molar-refractivity contribution in [1.29, 1.82) is 0 Å². The fraction of sp³-hybridized carbons (Fsp3) is 0. The van der Waals surface area contributed by atoms with E-state index in [-0.39, 0.29) is 11.5 Å². The van der Waals surface area contributed by atoms with Gasteiger partial charge in [-0.1, -0.05) is 60.7 Å². The first-order valence-corrected chi connectivity index (χ1v) is 10.1. The molecular formula is C27H21N3O2. The molecule has 0 bridgehead atoms. The van der Waals surface area contributed by atoms with Crippen LogP contribution in [0.3, 0.4) is 0 Å². The van der Waals surface area contributed by atoms with E-state index in [9.17, 15) is 10.2 Å². The van der Waals surface area contributed by atoms with Gasteiger partial charge in [-0.25, -0.2) is 0 Å². The van der Waals surface area contributed by atoms with Gasteiger partial charge in [-0.2, -0.15) is 0 Å². The monoisotopic (exact) mass is 419 g/mol. The Bertz CT molecular complexity index is 1310. The van der Waals surface area contributed by atoms with Crippen LogP contribution in [-0.2, 0) is 0 Å². The number of nitrogens with zero attached hydrogens (tertiary/aromatic N) is 3. The Labute approximate surface area is 185 Å². The summed E-state index contributed by atoms with van der Waals surface area (Å²) in [6.07, 6.45) is 5.15. The lowest BCUT2D eigenvalue weighted by Crippen LogP contribution is -1.76. The predicted molar refractivity (Wildman–Crippen MR) is 129 cm³/mol. The smallest absolute Gasteiger partial charge is 0.141 e. The molecule has 0 aliphatic rings. The lowest BCUT2D eigenvalue weighted by Gasteiger charge is -1.96. The van der Waals surface area contributed by atoms with Gasteiger partial charge >= 0.3 is 0 Å². The third kappa shape index (κ3) is 4.96. The summed E-state index contributed by atoms with van der Waals surface area (Å²) in [6.45, 7) is 0. The largest absolute Gasteiger partial charge is 0.506 e. The van der Waals surface area contributed by atoms with Gasteiger partial charge in [0.15, 0.2) is 0 Å². The van der Waals surface area contributed by atoms with E-state index in [2.05, 4.69) is 27.1 Å². The molecule has 0 aliphatic heterocycles. The quantitative estimate of drug-likeness (QED) is 0.310. The highest BCUT2D eigenvalue weighted by atomic mass is 16.3. The van der Waals surface area contributed by atoms with Gasteiger partial charge in [0, 0.05) is 34.7 Å². The fourth-order valence-electron chi connectivity index (χ4n) is 3.19. The molecule has 0 aliphatic carbocycles. The number of aromatic hydroxyl groups is 2. The standard InChI is InChI=1S/2C9H7NO.C9H7N/c2*11-8-5-1-3-7-4-2-6-10-9(7)8;1-2-6-9-8(4-1)5-3-7-10-9/h2*1-6,11H;1-7H. The average molecular weight is 419 g/mol. The minimum absolute atomic E-state index is 0.239. The van der Waals surface area contributed by atoms with E-state index in [1.54, 1.807) is 36.7 Å². The van der Waals surface area contributed by atoms with Crippen molar-refractivity contribution in [2.24, 2.45) is 0 Å². The molecule has 2 N–H and O–H groups in total. The Hall–Kier alpha value is -4.51. The Morgan fingerprint density at radius 3 is 1.38 bits per heavy atom. The van der Waals surface area contributed by atoms with Crippen molar-refractivity contribution >= 4 is 32.7 Å². The number of phenolic OH excluding ortho intramolecular Hbond substituents is 2. The maximum absolute atomic E-state index is 9.31. The van der Waals surface area contributed by atoms with Crippen molar-refractivity contribution in [3.63, 3.8) is 0 Å². The molecular weight excluding hydrogens is 398 g/mol. The van der Waals surface area contributed by atoms with Gasteiger partial charge in [-0.15, -0.1) is 0 Å². The van der Waals surface area contributed by atoms with Crippen LogP contribution in [-0.4, -0.2) is 25.2 Å². The third-order valence-corrected chi connectivity index (χ3v) is 4.74. The second-order valence-corrected chi connectivity index (χ2v) is 6.90. The van der Waals surface area contributed by atoms with Crippen molar-refractivity contribution in [2.75, 3.05) is 0 Å². The summed E-state index contributed by atoms with van der Waals surface area (Å²) in [6, 6.07) is 30.3. The second kappa shape index (κ2) is 10.00. The number of fused-ring (bicyclic) bond motifs is 3. The number of pyridine rings is 3. The summed E-state index contributed by atoms with van der Waals surface area (Å²) in [5.41, 5.74) is 2.38.